The lowest BCUT2D eigenvalue weighted by molar-refractivity contribution is -0.147. The van der Waals surface area contributed by atoms with Crippen LogP contribution in [-0.4, -0.2) is 43.0 Å². The van der Waals surface area contributed by atoms with Gasteiger partial charge in [0.2, 0.25) is 0 Å². The molecular weight excluding hydrogens is 348 g/mol. The molecule has 0 saturated carbocycles. The zero-order chi connectivity index (χ0) is 19.4. The van der Waals surface area contributed by atoms with Crippen LogP contribution in [0.25, 0.3) is 16.9 Å². The van der Waals surface area contributed by atoms with Crippen LogP contribution in [0.5, 0.6) is 0 Å². The number of imidazole rings is 1. The van der Waals surface area contributed by atoms with Gasteiger partial charge < -0.3 is 14.4 Å². The van der Waals surface area contributed by atoms with Gasteiger partial charge in [-0.3, -0.25) is 4.79 Å². The number of benzene rings is 1. The summed E-state index contributed by atoms with van der Waals surface area (Å²) in [6.45, 7) is 3.95. The van der Waals surface area contributed by atoms with E-state index in [0.29, 0.717) is 23.4 Å². The van der Waals surface area contributed by atoms with Gasteiger partial charge in [0.1, 0.15) is 17.5 Å². The average Bonchev–Trinajstić information content (AvgIpc) is 3.09. The molecule has 8 heteroatoms. The van der Waals surface area contributed by atoms with E-state index in [-0.39, 0.29) is 17.9 Å². The van der Waals surface area contributed by atoms with Crippen LogP contribution >= 0.6 is 0 Å². The molecule has 3 rings (SSSR count). The molecule has 0 saturated heterocycles. The Morgan fingerprint density at radius 2 is 1.89 bits per heavy atom. The van der Waals surface area contributed by atoms with Crippen molar-refractivity contribution in [2.24, 2.45) is 0 Å². The van der Waals surface area contributed by atoms with Gasteiger partial charge in [0.25, 0.3) is 5.78 Å². The largest absolute Gasteiger partial charge is 0.491 e. The van der Waals surface area contributed by atoms with E-state index in [9.17, 15) is 9.59 Å². The van der Waals surface area contributed by atoms with Crippen LogP contribution in [0, 0.1) is 0 Å². The van der Waals surface area contributed by atoms with Crippen LogP contribution in [0.15, 0.2) is 48.6 Å². The van der Waals surface area contributed by atoms with E-state index in [0.717, 1.165) is 5.56 Å². The van der Waals surface area contributed by atoms with Crippen LogP contribution < -0.4 is 0 Å². The zero-order valence-electron chi connectivity index (χ0n) is 14.9. The Kier molecular flexibility index (Phi) is 5.25. The maximum atomic E-state index is 11.9. The number of rotatable bonds is 7. The smallest absolute Gasteiger partial charge is 0.377 e. The minimum atomic E-state index is -1.55. The second-order valence-electron chi connectivity index (χ2n) is 5.77. The lowest BCUT2D eigenvalue weighted by Gasteiger charge is -2.11. The molecule has 0 spiro atoms. The van der Waals surface area contributed by atoms with Crippen molar-refractivity contribution in [2.45, 2.75) is 20.4 Å². The maximum absolute atomic E-state index is 11.9. The minimum Gasteiger partial charge on any atom is -0.491 e. The monoisotopic (exact) mass is 366 g/mol. The number of nitrogens with zero attached hydrogens (tertiary/aromatic N) is 4. The van der Waals surface area contributed by atoms with E-state index in [1.54, 1.807) is 13.3 Å². The average molecular weight is 366 g/mol. The summed E-state index contributed by atoms with van der Waals surface area (Å²) < 4.78 is 7.41. The topological polar surface area (TPSA) is 107 Å². The van der Waals surface area contributed by atoms with Crippen molar-refractivity contribution in [3.05, 3.63) is 59.8 Å². The van der Waals surface area contributed by atoms with Crippen molar-refractivity contribution in [2.75, 3.05) is 6.61 Å². The van der Waals surface area contributed by atoms with E-state index in [4.69, 9.17) is 9.84 Å². The van der Waals surface area contributed by atoms with Gasteiger partial charge in [-0.05, 0) is 19.4 Å². The lowest BCUT2D eigenvalue weighted by atomic mass is 10.1. The molecule has 1 N–H and O–H groups in total. The molecule has 3 aromatic rings. The van der Waals surface area contributed by atoms with E-state index >= 15 is 0 Å². The van der Waals surface area contributed by atoms with Gasteiger partial charge in [-0.2, -0.15) is 0 Å². The molecule has 0 aliphatic rings. The van der Waals surface area contributed by atoms with Crippen LogP contribution in [-0.2, 0) is 20.9 Å². The third-order valence-electron chi connectivity index (χ3n) is 3.98. The van der Waals surface area contributed by atoms with Crippen molar-refractivity contribution >= 4 is 28.7 Å². The van der Waals surface area contributed by atoms with Crippen molar-refractivity contribution in [1.29, 1.82) is 0 Å². The van der Waals surface area contributed by atoms with Gasteiger partial charge in [-0.15, -0.1) is 0 Å². The van der Waals surface area contributed by atoms with Gasteiger partial charge in [-0.25, -0.2) is 19.7 Å². The second kappa shape index (κ2) is 7.77. The summed E-state index contributed by atoms with van der Waals surface area (Å²) in [5, 5.41) is 9.01. The fourth-order valence-electron chi connectivity index (χ4n) is 2.70. The molecule has 0 atom stereocenters. The van der Waals surface area contributed by atoms with Crippen molar-refractivity contribution < 1.29 is 19.4 Å². The molecule has 0 radical (unpaired) electrons. The number of hydrogen-bond acceptors (Lipinski definition) is 6. The van der Waals surface area contributed by atoms with Gasteiger partial charge in [0, 0.05) is 5.57 Å². The number of carbonyl (C=O) groups is 2. The van der Waals surface area contributed by atoms with Gasteiger partial charge in [0.05, 0.1) is 19.5 Å². The zero-order valence-corrected chi connectivity index (χ0v) is 14.9. The summed E-state index contributed by atoms with van der Waals surface area (Å²) in [6, 6.07) is 9.83. The van der Waals surface area contributed by atoms with Crippen LogP contribution in [0.4, 0.5) is 0 Å². The highest BCUT2D eigenvalue weighted by Gasteiger charge is 2.23. The lowest BCUT2D eigenvalue weighted by Crippen LogP contribution is -2.16. The standard InChI is InChI=1S/C19H18N4O4/c1-3-27-17(12(2)16(24)19(25)26)14-15-18(21-10-20-14)23(11-22-15)9-13-7-5-4-6-8-13/h4-8,10-11H,3,9H2,1-2H3,(H,25,26). The molecule has 0 unspecified atom stereocenters. The number of aliphatic carboxylic acids is 1. The molecule has 1 aromatic carbocycles. The summed E-state index contributed by atoms with van der Waals surface area (Å²) in [5.41, 5.74) is 2.34. The minimum absolute atomic E-state index is 0.0399. The number of hydrogen-bond donors (Lipinski definition) is 1. The van der Waals surface area contributed by atoms with Gasteiger partial charge in [0.15, 0.2) is 11.4 Å². The van der Waals surface area contributed by atoms with E-state index in [1.807, 2.05) is 34.9 Å². The molecule has 0 fully saturated rings. The summed E-state index contributed by atoms with van der Waals surface area (Å²) in [6.07, 6.45) is 2.98. The first-order chi connectivity index (χ1) is 13.0. The first kappa shape index (κ1) is 18.2. The molecule has 0 aliphatic carbocycles. The molecule has 2 heterocycles. The number of ether oxygens (including phenoxy) is 1. The third-order valence-corrected chi connectivity index (χ3v) is 3.98. The summed E-state index contributed by atoms with van der Waals surface area (Å²) >= 11 is 0. The Morgan fingerprint density at radius 3 is 2.56 bits per heavy atom. The predicted molar refractivity (Wildman–Crippen MR) is 97.7 cm³/mol. The Morgan fingerprint density at radius 1 is 1.15 bits per heavy atom. The van der Waals surface area contributed by atoms with Crippen molar-refractivity contribution in [1.82, 2.24) is 19.5 Å². The number of fused-ring (bicyclic) bond motifs is 1. The molecule has 8 nitrogen and oxygen atoms in total. The maximum Gasteiger partial charge on any atom is 0.377 e. The summed E-state index contributed by atoms with van der Waals surface area (Å²) in [4.78, 5) is 35.8. The third kappa shape index (κ3) is 3.69. The highest BCUT2D eigenvalue weighted by Crippen LogP contribution is 2.25. The highest BCUT2D eigenvalue weighted by atomic mass is 16.5. The number of carboxylic acids is 1. The van der Waals surface area contributed by atoms with Crippen LogP contribution in [0.3, 0.4) is 0 Å². The number of carboxylic acid groups (broad SMARTS) is 1. The van der Waals surface area contributed by atoms with Gasteiger partial charge in [-0.1, -0.05) is 30.3 Å². The number of carbonyl (C=O) groups excluding carboxylic acids is 1. The molecule has 0 bridgehead atoms. The van der Waals surface area contributed by atoms with E-state index in [1.165, 1.54) is 13.3 Å². The molecule has 138 valence electrons. The normalized spacial score (nSPS) is 11.9. The molecular formula is C19H18N4O4. The molecule has 0 aliphatic heterocycles. The van der Waals surface area contributed by atoms with Crippen molar-refractivity contribution in [3.63, 3.8) is 0 Å². The first-order valence-electron chi connectivity index (χ1n) is 8.34. The Labute approximate surface area is 155 Å². The van der Waals surface area contributed by atoms with Crippen LogP contribution in [0.2, 0.25) is 0 Å². The predicted octanol–water partition coefficient (Wildman–Crippen LogP) is 2.30. The Balaban J connectivity index is 2.10. The van der Waals surface area contributed by atoms with Crippen molar-refractivity contribution in [3.8, 4) is 0 Å². The number of Topliss-reactive ketones (excluding diaryl/α,β-unsaturated/α-hetero) is 1. The molecule has 27 heavy (non-hydrogen) atoms. The summed E-state index contributed by atoms with van der Waals surface area (Å²) in [5.74, 6) is -2.50. The quantitative estimate of drug-likeness (QED) is 0.388. The summed E-state index contributed by atoms with van der Waals surface area (Å²) in [7, 11) is 0. The van der Waals surface area contributed by atoms with E-state index in [2.05, 4.69) is 15.0 Å². The molecule has 0 amide bonds. The number of aromatic nitrogens is 4. The molecule has 2 aromatic heterocycles. The fraction of sp³-hybridized carbons (Fsp3) is 0.211. The highest BCUT2D eigenvalue weighted by molar-refractivity contribution is 6.40. The SMILES string of the molecule is CCOC(=C(C)C(=O)C(=O)O)c1ncnc2c1ncn2Cc1ccccc1. The Hall–Kier alpha value is -3.55. The van der Waals surface area contributed by atoms with Crippen LogP contribution in [0.1, 0.15) is 25.1 Å². The van der Waals surface area contributed by atoms with Gasteiger partial charge >= 0.3 is 5.97 Å². The second-order valence-corrected chi connectivity index (χ2v) is 5.77. The fourth-order valence-corrected chi connectivity index (χ4v) is 2.70. The number of ketones is 1. The van der Waals surface area contributed by atoms with E-state index < -0.39 is 11.8 Å². The Bertz CT molecular complexity index is 1020. The first-order valence-corrected chi connectivity index (χ1v) is 8.34.